The molecule has 1 amide bonds. The molecular weight excluding hydrogens is 392 g/mol. The van der Waals surface area contributed by atoms with Gasteiger partial charge < -0.3 is 10.1 Å². The highest BCUT2D eigenvalue weighted by Crippen LogP contribution is 2.18. The van der Waals surface area contributed by atoms with E-state index in [1.165, 1.54) is 28.6 Å². The fourth-order valence-corrected chi connectivity index (χ4v) is 4.20. The average Bonchev–Trinajstić information content (AvgIpc) is 2.69. The second-order valence-electron chi connectivity index (χ2n) is 6.56. The second-order valence-corrected chi connectivity index (χ2v) is 8.49. The van der Waals surface area contributed by atoms with E-state index in [4.69, 9.17) is 4.74 Å². The Morgan fingerprint density at radius 2 is 1.62 bits per heavy atom. The summed E-state index contributed by atoms with van der Waals surface area (Å²) in [6.45, 7) is 7.59. The Bertz CT molecular complexity index is 981. The molecule has 0 saturated carbocycles. The van der Waals surface area contributed by atoms with E-state index in [-0.39, 0.29) is 10.5 Å². The largest absolute Gasteiger partial charge is 0.452 e. The maximum Gasteiger partial charge on any atom is 0.338 e. The van der Waals surface area contributed by atoms with Crippen molar-refractivity contribution >= 4 is 27.6 Å². The standard InChI is InChI=1S/C21H26N2O5S/c1-5-23(6-2)29(26,27)18-11-9-17(10-12-18)21(25)28-14-20(24)22-19-13-15(3)7-8-16(19)4/h7-13H,5-6,14H2,1-4H3,(H,22,24). The molecule has 29 heavy (non-hydrogen) atoms. The van der Waals surface area contributed by atoms with E-state index in [9.17, 15) is 18.0 Å². The van der Waals surface area contributed by atoms with Crippen LogP contribution in [0.3, 0.4) is 0 Å². The summed E-state index contributed by atoms with van der Waals surface area (Å²) in [7, 11) is -3.59. The highest BCUT2D eigenvalue weighted by Gasteiger charge is 2.22. The molecule has 2 aromatic carbocycles. The number of carbonyl (C=O) groups excluding carboxylic acids is 2. The van der Waals surface area contributed by atoms with Gasteiger partial charge in [0.05, 0.1) is 10.5 Å². The van der Waals surface area contributed by atoms with Crippen molar-refractivity contribution in [3.8, 4) is 0 Å². The van der Waals surface area contributed by atoms with E-state index < -0.39 is 28.5 Å². The molecule has 0 saturated heterocycles. The molecule has 0 fully saturated rings. The van der Waals surface area contributed by atoms with Gasteiger partial charge in [0.2, 0.25) is 10.0 Å². The van der Waals surface area contributed by atoms with Gasteiger partial charge in [-0.15, -0.1) is 0 Å². The van der Waals surface area contributed by atoms with Crippen LogP contribution in [0, 0.1) is 13.8 Å². The van der Waals surface area contributed by atoms with E-state index in [1.54, 1.807) is 13.8 Å². The lowest BCUT2D eigenvalue weighted by Gasteiger charge is -2.18. The Hall–Kier alpha value is -2.71. The summed E-state index contributed by atoms with van der Waals surface area (Å²) in [5, 5.41) is 2.71. The molecule has 2 aromatic rings. The minimum atomic E-state index is -3.59. The minimum absolute atomic E-state index is 0.102. The minimum Gasteiger partial charge on any atom is -0.452 e. The Kier molecular flexibility index (Phi) is 7.53. The SMILES string of the molecule is CCN(CC)S(=O)(=O)c1ccc(C(=O)OCC(=O)Nc2cc(C)ccc2C)cc1. The fraction of sp³-hybridized carbons (Fsp3) is 0.333. The van der Waals surface area contributed by atoms with Crippen LogP contribution in [0.5, 0.6) is 0 Å². The molecule has 0 aliphatic carbocycles. The van der Waals surface area contributed by atoms with Crippen molar-refractivity contribution in [2.75, 3.05) is 25.0 Å². The van der Waals surface area contributed by atoms with E-state index in [2.05, 4.69) is 5.32 Å². The summed E-state index contributed by atoms with van der Waals surface area (Å²) in [6, 6.07) is 11.1. The van der Waals surface area contributed by atoms with Gasteiger partial charge in [-0.2, -0.15) is 4.31 Å². The zero-order valence-electron chi connectivity index (χ0n) is 17.1. The normalized spacial score (nSPS) is 11.3. The number of amides is 1. The molecule has 8 heteroatoms. The van der Waals surface area contributed by atoms with Gasteiger partial charge in [-0.1, -0.05) is 26.0 Å². The molecule has 0 aliphatic rings. The van der Waals surface area contributed by atoms with Gasteiger partial charge in [-0.3, -0.25) is 4.79 Å². The summed E-state index contributed by atoms with van der Waals surface area (Å²) in [5.74, 6) is -1.15. The van der Waals surface area contributed by atoms with E-state index >= 15 is 0 Å². The summed E-state index contributed by atoms with van der Waals surface area (Å²) >= 11 is 0. The van der Waals surface area contributed by atoms with E-state index in [1.807, 2.05) is 32.0 Å². The molecule has 0 aromatic heterocycles. The lowest BCUT2D eigenvalue weighted by atomic mass is 10.1. The van der Waals surface area contributed by atoms with Crippen LogP contribution in [0.4, 0.5) is 5.69 Å². The van der Waals surface area contributed by atoms with Crippen molar-refractivity contribution in [1.29, 1.82) is 0 Å². The Morgan fingerprint density at radius 3 is 2.21 bits per heavy atom. The van der Waals surface area contributed by atoms with Gasteiger partial charge in [0, 0.05) is 18.8 Å². The summed E-state index contributed by atoms with van der Waals surface area (Å²) in [5.41, 5.74) is 2.74. The number of hydrogen-bond acceptors (Lipinski definition) is 5. The number of nitrogens with one attached hydrogen (secondary N) is 1. The van der Waals surface area contributed by atoms with E-state index in [0.717, 1.165) is 11.1 Å². The monoisotopic (exact) mass is 418 g/mol. The zero-order valence-corrected chi connectivity index (χ0v) is 17.9. The summed E-state index contributed by atoms with van der Waals surface area (Å²) < 4.78 is 31.3. The molecule has 0 atom stereocenters. The third kappa shape index (κ3) is 5.65. The van der Waals surface area contributed by atoms with Crippen molar-refractivity contribution in [1.82, 2.24) is 4.31 Å². The number of benzene rings is 2. The van der Waals surface area contributed by atoms with E-state index in [0.29, 0.717) is 18.8 Å². The lowest BCUT2D eigenvalue weighted by Crippen LogP contribution is -2.30. The van der Waals surface area contributed by atoms with Crippen molar-refractivity contribution in [3.63, 3.8) is 0 Å². The maximum atomic E-state index is 12.5. The van der Waals surface area contributed by atoms with Crippen LogP contribution in [-0.2, 0) is 19.6 Å². The van der Waals surface area contributed by atoms with Gasteiger partial charge in [0.1, 0.15) is 0 Å². The third-order valence-electron chi connectivity index (χ3n) is 4.43. The van der Waals surface area contributed by atoms with Crippen LogP contribution in [0.25, 0.3) is 0 Å². The number of rotatable bonds is 8. The highest BCUT2D eigenvalue weighted by atomic mass is 32.2. The Labute approximate surface area is 171 Å². The first kappa shape index (κ1) is 22.6. The highest BCUT2D eigenvalue weighted by molar-refractivity contribution is 7.89. The lowest BCUT2D eigenvalue weighted by molar-refractivity contribution is -0.119. The average molecular weight is 419 g/mol. The first-order valence-electron chi connectivity index (χ1n) is 9.33. The van der Waals surface area contributed by atoms with Gasteiger partial charge in [0.25, 0.3) is 5.91 Å². The van der Waals surface area contributed by atoms with Crippen LogP contribution in [-0.4, -0.2) is 44.3 Å². The number of anilines is 1. The molecule has 0 unspecified atom stereocenters. The molecule has 7 nitrogen and oxygen atoms in total. The predicted octanol–water partition coefficient (Wildman–Crippen LogP) is 3.13. The van der Waals surface area contributed by atoms with Gasteiger partial charge >= 0.3 is 5.97 Å². The number of nitrogens with zero attached hydrogens (tertiary/aromatic N) is 1. The van der Waals surface area contributed by atoms with Crippen molar-refractivity contribution < 1.29 is 22.7 Å². The van der Waals surface area contributed by atoms with Gasteiger partial charge in [-0.25, -0.2) is 13.2 Å². The number of hydrogen-bond donors (Lipinski definition) is 1. The third-order valence-corrected chi connectivity index (χ3v) is 6.50. The smallest absolute Gasteiger partial charge is 0.338 e. The molecule has 0 spiro atoms. The van der Waals surface area contributed by atoms with Crippen LogP contribution in [0.2, 0.25) is 0 Å². The summed E-state index contributed by atoms with van der Waals surface area (Å²) in [6.07, 6.45) is 0. The van der Waals surface area contributed by atoms with Crippen molar-refractivity contribution in [3.05, 3.63) is 59.2 Å². The molecule has 0 bridgehead atoms. The van der Waals surface area contributed by atoms with Crippen LogP contribution in [0.15, 0.2) is 47.4 Å². The maximum absolute atomic E-state index is 12.5. The number of aryl methyl sites for hydroxylation is 2. The number of ether oxygens (including phenoxy) is 1. The zero-order chi connectivity index (χ0) is 21.6. The number of esters is 1. The quantitative estimate of drug-likeness (QED) is 0.665. The van der Waals surface area contributed by atoms with Crippen molar-refractivity contribution in [2.24, 2.45) is 0 Å². The first-order valence-corrected chi connectivity index (χ1v) is 10.8. The number of sulfonamides is 1. The fourth-order valence-electron chi connectivity index (χ4n) is 2.75. The van der Waals surface area contributed by atoms with Crippen LogP contribution >= 0.6 is 0 Å². The molecule has 0 aliphatic heterocycles. The first-order chi connectivity index (χ1) is 13.7. The molecule has 2 rings (SSSR count). The summed E-state index contributed by atoms with van der Waals surface area (Å²) in [4.78, 5) is 24.3. The second kappa shape index (κ2) is 9.67. The van der Waals surface area contributed by atoms with Crippen LogP contribution < -0.4 is 5.32 Å². The van der Waals surface area contributed by atoms with Gasteiger partial charge in [0.15, 0.2) is 6.61 Å². The molecule has 0 heterocycles. The molecule has 0 radical (unpaired) electrons. The molecule has 1 N–H and O–H groups in total. The van der Waals surface area contributed by atoms with Gasteiger partial charge in [-0.05, 0) is 55.3 Å². The topological polar surface area (TPSA) is 92.8 Å². The molecule has 156 valence electrons. The Morgan fingerprint density at radius 1 is 1.00 bits per heavy atom. The molecular formula is C21H26N2O5S. The Balaban J connectivity index is 1.99. The van der Waals surface area contributed by atoms with Crippen molar-refractivity contribution in [2.45, 2.75) is 32.6 Å². The predicted molar refractivity (Wildman–Crippen MR) is 111 cm³/mol. The number of carbonyl (C=O) groups is 2. The van der Waals surface area contributed by atoms with Crippen LogP contribution in [0.1, 0.15) is 35.3 Å².